The van der Waals surface area contributed by atoms with Crippen LogP contribution in [0.5, 0.6) is 17.2 Å². The molecule has 0 radical (unpaired) electrons. The van der Waals surface area contributed by atoms with Crippen LogP contribution in [0.4, 0.5) is 0 Å². The quantitative estimate of drug-likeness (QED) is 0.447. The summed E-state index contributed by atoms with van der Waals surface area (Å²) >= 11 is 0. The van der Waals surface area contributed by atoms with Crippen molar-refractivity contribution in [3.63, 3.8) is 0 Å². The SMILES string of the molecule is CNC(=O)C(NC(CCc1ccccc1O)c1ccc(OC)c(OC)c1)c1ccccc1. The van der Waals surface area contributed by atoms with E-state index < -0.39 is 6.04 Å². The van der Waals surface area contributed by atoms with Crippen LogP contribution in [0.3, 0.4) is 0 Å². The molecule has 3 aromatic rings. The highest BCUT2D eigenvalue weighted by atomic mass is 16.5. The highest BCUT2D eigenvalue weighted by Crippen LogP contribution is 2.33. The van der Waals surface area contributed by atoms with Gasteiger partial charge in [0, 0.05) is 13.1 Å². The van der Waals surface area contributed by atoms with Crippen molar-refractivity contribution in [3.05, 3.63) is 89.5 Å². The molecule has 0 aliphatic heterocycles. The number of hydrogen-bond donors (Lipinski definition) is 3. The first-order chi connectivity index (χ1) is 15.6. The fourth-order valence-electron chi connectivity index (χ4n) is 3.75. The largest absolute Gasteiger partial charge is 0.508 e. The molecular weight excluding hydrogens is 404 g/mol. The number of likely N-dealkylation sites (N-methyl/N-ethyl adjacent to an activating group) is 1. The van der Waals surface area contributed by atoms with Crippen molar-refractivity contribution in [1.82, 2.24) is 10.6 Å². The highest BCUT2D eigenvalue weighted by Gasteiger charge is 2.25. The van der Waals surface area contributed by atoms with Crippen molar-refractivity contribution in [2.75, 3.05) is 21.3 Å². The predicted molar refractivity (Wildman–Crippen MR) is 125 cm³/mol. The zero-order chi connectivity index (χ0) is 22.9. The summed E-state index contributed by atoms with van der Waals surface area (Å²) in [5.74, 6) is 1.41. The van der Waals surface area contributed by atoms with Crippen molar-refractivity contribution in [2.24, 2.45) is 0 Å². The Labute approximate surface area is 189 Å². The molecule has 2 atom stereocenters. The van der Waals surface area contributed by atoms with Crippen molar-refractivity contribution in [1.29, 1.82) is 0 Å². The van der Waals surface area contributed by atoms with Gasteiger partial charge in [-0.1, -0.05) is 54.6 Å². The summed E-state index contributed by atoms with van der Waals surface area (Å²) in [5, 5.41) is 16.5. The van der Waals surface area contributed by atoms with Crippen LogP contribution in [-0.4, -0.2) is 32.3 Å². The lowest BCUT2D eigenvalue weighted by Crippen LogP contribution is -2.38. The van der Waals surface area contributed by atoms with Crippen LogP contribution in [0.1, 0.15) is 35.2 Å². The maximum Gasteiger partial charge on any atom is 0.241 e. The van der Waals surface area contributed by atoms with Gasteiger partial charge in [-0.15, -0.1) is 0 Å². The third kappa shape index (κ3) is 5.59. The molecule has 168 valence electrons. The summed E-state index contributed by atoms with van der Waals surface area (Å²) in [6.07, 6.45) is 1.29. The molecule has 0 saturated carbocycles. The lowest BCUT2D eigenvalue weighted by atomic mass is 9.95. The minimum atomic E-state index is -0.538. The number of rotatable bonds is 10. The Bertz CT molecular complexity index is 1020. The van der Waals surface area contributed by atoms with Crippen LogP contribution in [0, 0.1) is 0 Å². The minimum absolute atomic E-state index is 0.121. The number of para-hydroxylation sites is 1. The zero-order valence-corrected chi connectivity index (χ0v) is 18.7. The number of amides is 1. The van der Waals surface area contributed by atoms with Gasteiger partial charge in [0.2, 0.25) is 5.91 Å². The van der Waals surface area contributed by atoms with Crippen molar-refractivity contribution >= 4 is 5.91 Å². The molecule has 6 nitrogen and oxygen atoms in total. The number of benzene rings is 3. The minimum Gasteiger partial charge on any atom is -0.508 e. The predicted octanol–water partition coefficient (Wildman–Crippen LogP) is 4.16. The Kier molecular flexibility index (Phi) is 8.11. The van der Waals surface area contributed by atoms with E-state index in [1.165, 1.54) is 0 Å². The maximum atomic E-state index is 12.8. The van der Waals surface area contributed by atoms with Gasteiger partial charge >= 0.3 is 0 Å². The molecule has 0 saturated heterocycles. The highest BCUT2D eigenvalue weighted by molar-refractivity contribution is 5.83. The van der Waals surface area contributed by atoms with Crippen molar-refractivity contribution < 1.29 is 19.4 Å². The van der Waals surface area contributed by atoms with E-state index in [-0.39, 0.29) is 17.7 Å². The fraction of sp³-hybridized carbons (Fsp3) is 0.269. The van der Waals surface area contributed by atoms with Crippen LogP contribution >= 0.6 is 0 Å². The number of carbonyl (C=O) groups is 1. The van der Waals surface area contributed by atoms with Gasteiger partial charge in [-0.2, -0.15) is 0 Å². The van der Waals surface area contributed by atoms with E-state index in [0.29, 0.717) is 24.3 Å². The van der Waals surface area contributed by atoms with E-state index in [9.17, 15) is 9.90 Å². The van der Waals surface area contributed by atoms with E-state index in [1.807, 2.05) is 60.7 Å². The van der Waals surface area contributed by atoms with E-state index in [2.05, 4.69) is 10.6 Å². The molecule has 2 unspecified atom stereocenters. The number of aromatic hydroxyl groups is 1. The lowest BCUT2D eigenvalue weighted by Gasteiger charge is -2.26. The molecule has 0 aromatic heterocycles. The van der Waals surface area contributed by atoms with E-state index in [1.54, 1.807) is 33.4 Å². The Morgan fingerprint density at radius 2 is 1.59 bits per heavy atom. The number of hydrogen-bond acceptors (Lipinski definition) is 5. The average molecular weight is 435 g/mol. The molecule has 0 spiro atoms. The third-order valence-corrected chi connectivity index (χ3v) is 5.51. The second-order valence-electron chi connectivity index (χ2n) is 7.46. The van der Waals surface area contributed by atoms with Crippen molar-refractivity contribution in [2.45, 2.75) is 24.9 Å². The van der Waals surface area contributed by atoms with Gasteiger partial charge in [-0.05, 0) is 47.7 Å². The maximum absolute atomic E-state index is 12.8. The number of phenols is 1. The van der Waals surface area contributed by atoms with Gasteiger partial charge in [-0.3, -0.25) is 10.1 Å². The first kappa shape index (κ1) is 23.2. The molecule has 1 amide bonds. The molecule has 6 heteroatoms. The van der Waals surface area contributed by atoms with E-state index in [4.69, 9.17) is 9.47 Å². The van der Waals surface area contributed by atoms with Crippen LogP contribution < -0.4 is 20.1 Å². The normalized spacial score (nSPS) is 12.6. The number of carbonyl (C=O) groups excluding carboxylic acids is 1. The molecule has 0 bridgehead atoms. The smallest absolute Gasteiger partial charge is 0.241 e. The van der Waals surface area contributed by atoms with Gasteiger partial charge in [-0.25, -0.2) is 0 Å². The van der Waals surface area contributed by atoms with Gasteiger partial charge in [0.05, 0.1) is 14.2 Å². The van der Waals surface area contributed by atoms with Crippen LogP contribution in [0.2, 0.25) is 0 Å². The lowest BCUT2D eigenvalue weighted by molar-refractivity contribution is -0.123. The monoisotopic (exact) mass is 434 g/mol. The molecule has 0 aliphatic rings. The number of aryl methyl sites for hydroxylation is 1. The molecule has 3 N–H and O–H groups in total. The second-order valence-corrected chi connectivity index (χ2v) is 7.46. The summed E-state index contributed by atoms with van der Waals surface area (Å²) in [6.45, 7) is 0. The summed E-state index contributed by atoms with van der Waals surface area (Å²) in [6, 6.07) is 22.0. The summed E-state index contributed by atoms with van der Waals surface area (Å²) < 4.78 is 10.9. The topological polar surface area (TPSA) is 79.8 Å². The summed E-state index contributed by atoms with van der Waals surface area (Å²) in [4.78, 5) is 12.8. The van der Waals surface area contributed by atoms with Gasteiger partial charge in [0.15, 0.2) is 11.5 Å². The zero-order valence-electron chi connectivity index (χ0n) is 18.7. The van der Waals surface area contributed by atoms with E-state index >= 15 is 0 Å². The van der Waals surface area contributed by atoms with Crippen molar-refractivity contribution in [3.8, 4) is 17.2 Å². The standard InChI is InChI=1S/C26H30N2O4/c1-27-26(30)25(19-10-5-4-6-11-19)28-21(15-13-18-9-7-8-12-22(18)29)20-14-16-23(31-2)24(17-20)32-3/h4-12,14,16-17,21,25,28-29H,13,15H2,1-3H3,(H,27,30). The molecule has 3 aromatic carbocycles. The molecule has 32 heavy (non-hydrogen) atoms. The Hall–Kier alpha value is -3.51. The average Bonchev–Trinajstić information content (AvgIpc) is 2.84. The van der Waals surface area contributed by atoms with Crippen LogP contribution in [0.25, 0.3) is 0 Å². The molecule has 0 aliphatic carbocycles. The first-order valence-electron chi connectivity index (χ1n) is 10.6. The molecule has 3 rings (SSSR count). The van der Waals surface area contributed by atoms with E-state index in [0.717, 1.165) is 16.7 Å². The first-order valence-corrected chi connectivity index (χ1v) is 10.6. The number of methoxy groups -OCH3 is 2. The van der Waals surface area contributed by atoms with Gasteiger partial charge < -0.3 is 19.9 Å². The molecule has 0 heterocycles. The third-order valence-electron chi connectivity index (χ3n) is 5.51. The van der Waals surface area contributed by atoms with Crippen LogP contribution in [0.15, 0.2) is 72.8 Å². The van der Waals surface area contributed by atoms with Gasteiger partial charge in [0.1, 0.15) is 11.8 Å². The number of phenolic OH excluding ortho intramolecular Hbond substituents is 1. The Morgan fingerprint density at radius 1 is 0.906 bits per heavy atom. The summed E-state index contributed by atoms with van der Waals surface area (Å²) in [7, 11) is 4.83. The Balaban J connectivity index is 1.95. The van der Waals surface area contributed by atoms with Gasteiger partial charge in [0.25, 0.3) is 0 Å². The summed E-state index contributed by atoms with van der Waals surface area (Å²) in [5.41, 5.74) is 2.69. The number of nitrogens with one attached hydrogen (secondary N) is 2. The number of ether oxygens (including phenoxy) is 2. The fourth-order valence-corrected chi connectivity index (χ4v) is 3.75. The Morgan fingerprint density at radius 3 is 2.25 bits per heavy atom. The molecular formula is C26H30N2O4. The van der Waals surface area contributed by atoms with Crippen LogP contribution in [-0.2, 0) is 11.2 Å². The second kappa shape index (κ2) is 11.2. The molecule has 0 fully saturated rings.